The molecule has 1 aliphatic heterocycles. The third kappa shape index (κ3) is 2.99. The summed E-state index contributed by atoms with van der Waals surface area (Å²) in [6.45, 7) is 6.94. The topological polar surface area (TPSA) is 58.9 Å². The zero-order chi connectivity index (χ0) is 14.8. The second-order valence-electron chi connectivity index (χ2n) is 5.62. The van der Waals surface area contributed by atoms with Gasteiger partial charge in [-0.2, -0.15) is 10.1 Å². The van der Waals surface area contributed by atoms with Crippen molar-refractivity contribution in [3.8, 4) is 0 Å². The average Bonchev–Trinajstić information content (AvgIpc) is 3.09. The van der Waals surface area contributed by atoms with Crippen LogP contribution in [-0.4, -0.2) is 32.8 Å². The van der Waals surface area contributed by atoms with Gasteiger partial charge in [0.05, 0.1) is 6.20 Å². The van der Waals surface area contributed by atoms with E-state index in [0.29, 0.717) is 0 Å². The van der Waals surface area contributed by atoms with Crippen LogP contribution in [0.5, 0.6) is 0 Å². The lowest BCUT2D eigenvalue weighted by molar-refractivity contribution is 0.738. The predicted octanol–water partition coefficient (Wildman–Crippen LogP) is 2.04. The Morgan fingerprint density at radius 2 is 1.95 bits per heavy atom. The number of hydrogen-bond acceptors (Lipinski definition) is 5. The molecule has 0 saturated carbocycles. The molecule has 0 atom stereocenters. The molecule has 3 heterocycles. The molecule has 0 unspecified atom stereocenters. The zero-order valence-corrected chi connectivity index (χ0v) is 12.9. The number of aromatic nitrogens is 4. The van der Waals surface area contributed by atoms with E-state index >= 15 is 0 Å². The van der Waals surface area contributed by atoms with Gasteiger partial charge in [0.15, 0.2) is 0 Å². The van der Waals surface area contributed by atoms with Crippen molar-refractivity contribution in [2.75, 3.05) is 23.3 Å². The summed E-state index contributed by atoms with van der Waals surface area (Å²) in [5, 5.41) is 7.65. The van der Waals surface area contributed by atoms with Crippen LogP contribution in [0.25, 0.3) is 0 Å². The Bertz CT molecular complexity index is 627. The summed E-state index contributed by atoms with van der Waals surface area (Å²) in [5.74, 6) is 1.73. The lowest BCUT2D eigenvalue weighted by Crippen LogP contribution is -2.21. The molecule has 2 aromatic heterocycles. The molecular formula is C15H22N6. The van der Waals surface area contributed by atoms with Gasteiger partial charge in [0, 0.05) is 49.7 Å². The zero-order valence-electron chi connectivity index (χ0n) is 12.9. The van der Waals surface area contributed by atoms with Crippen LogP contribution < -0.4 is 10.2 Å². The predicted molar refractivity (Wildman–Crippen MR) is 83.5 cm³/mol. The maximum atomic E-state index is 4.64. The van der Waals surface area contributed by atoms with Gasteiger partial charge in [0.2, 0.25) is 5.95 Å². The van der Waals surface area contributed by atoms with Crippen LogP contribution >= 0.6 is 0 Å². The van der Waals surface area contributed by atoms with Crippen LogP contribution in [0.4, 0.5) is 11.8 Å². The normalized spacial score (nSPS) is 14.7. The molecule has 2 aromatic rings. The molecule has 6 heteroatoms. The number of hydrogen-bond donors (Lipinski definition) is 1. The standard InChI is InChI=1S/C15H22N6/c1-11-8-14(16-9-13-10-17-20(3)12(13)2)19-15(18-11)21-6-4-5-7-21/h8,10H,4-7,9H2,1-3H3,(H,16,18,19). The third-order valence-corrected chi connectivity index (χ3v) is 4.03. The molecule has 0 aliphatic carbocycles. The highest BCUT2D eigenvalue weighted by molar-refractivity contribution is 5.44. The van der Waals surface area contributed by atoms with Crippen molar-refractivity contribution in [2.24, 2.45) is 7.05 Å². The summed E-state index contributed by atoms with van der Waals surface area (Å²) < 4.78 is 1.89. The molecule has 21 heavy (non-hydrogen) atoms. The van der Waals surface area contributed by atoms with Crippen molar-refractivity contribution in [3.05, 3.63) is 29.2 Å². The maximum Gasteiger partial charge on any atom is 0.227 e. The van der Waals surface area contributed by atoms with E-state index in [1.54, 1.807) is 0 Å². The van der Waals surface area contributed by atoms with Gasteiger partial charge < -0.3 is 10.2 Å². The summed E-state index contributed by atoms with van der Waals surface area (Å²) in [6.07, 6.45) is 4.36. The molecule has 0 radical (unpaired) electrons. The second-order valence-corrected chi connectivity index (χ2v) is 5.62. The van der Waals surface area contributed by atoms with Crippen molar-refractivity contribution in [1.29, 1.82) is 0 Å². The van der Waals surface area contributed by atoms with Crippen LogP contribution in [0, 0.1) is 13.8 Å². The van der Waals surface area contributed by atoms with Crippen LogP contribution in [0.1, 0.15) is 29.8 Å². The number of rotatable bonds is 4. The minimum atomic E-state index is 0.732. The van der Waals surface area contributed by atoms with Gasteiger partial charge in [-0.3, -0.25) is 4.68 Å². The van der Waals surface area contributed by atoms with Gasteiger partial charge in [0.1, 0.15) is 5.82 Å². The molecule has 0 spiro atoms. The average molecular weight is 286 g/mol. The smallest absolute Gasteiger partial charge is 0.227 e. The fourth-order valence-corrected chi connectivity index (χ4v) is 2.61. The van der Waals surface area contributed by atoms with Crippen molar-refractivity contribution in [3.63, 3.8) is 0 Å². The van der Waals surface area contributed by atoms with E-state index in [1.165, 1.54) is 24.1 Å². The van der Waals surface area contributed by atoms with Crippen LogP contribution in [0.2, 0.25) is 0 Å². The minimum Gasteiger partial charge on any atom is -0.366 e. The SMILES string of the molecule is Cc1cc(NCc2cnn(C)c2C)nc(N2CCCC2)n1. The molecule has 1 fully saturated rings. The summed E-state index contributed by atoms with van der Waals surface area (Å²) in [7, 11) is 1.96. The largest absolute Gasteiger partial charge is 0.366 e. The van der Waals surface area contributed by atoms with E-state index in [2.05, 4.69) is 32.2 Å². The first kappa shape index (κ1) is 13.9. The van der Waals surface area contributed by atoms with E-state index in [0.717, 1.165) is 37.1 Å². The molecule has 3 rings (SSSR count). The number of nitrogens with one attached hydrogen (secondary N) is 1. The van der Waals surface area contributed by atoms with Crippen molar-refractivity contribution in [1.82, 2.24) is 19.7 Å². The fourth-order valence-electron chi connectivity index (χ4n) is 2.61. The Labute approximate surface area is 125 Å². The van der Waals surface area contributed by atoms with Gasteiger partial charge >= 0.3 is 0 Å². The highest BCUT2D eigenvalue weighted by Gasteiger charge is 2.16. The lowest BCUT2D eigenvalue weighted by Gasteiger charge is -2.16. The van der Waals surface area contributed by atoms with Gasteiger partial charge in [-0.1, -0.05) is 0 Å². The highest BCUT2D eigenvalue weighted by atomic mass is 15.3. The van der Waals surface area contributed by atoms with E-state index < -0.39 is 0 Å². The lowest BCUT2D eigenvalue weighted by atomic mass is 10.2. The van der Waals surface area contributed by atoms with Gasteiger partial charge in [-0.05, 0) is 26.7 Å². The molecule has 0 bridgehead atoms. The summed E-state index contributed by atoms with van der Waals surface area (Å²) >= 11 is 0. The Morgan fingerprint density at radius 1 is 1.19 bits per heavy atom. The van der Waals surface area contributed by atoms with E-state index in [4.69, 9.17) is 0 Å². The third-order valence-electron chi connectivity index (χ3n) is 4.03. The van der Waals surface area contributed by atoms with Crippen LogP contribution in [0.15, 0.2) is 12.3 Å². The van der Waals surface area contributed by atoms with Crippen LogP contribution in [-0.2, 0) is 13.6 Å². The van der Waals surface area contributed by atoms with E-state index in [9.17, 15) is 0 Å². The van der Waals surface area contributed by atoms with Gasteiger partial charge in [-0.15, -0.1) is 0 Å². The molecule has 0 aromatic carbocycles. The van der Waals surface area contributed by atoms with Crippen LogP contribution in [0.3, 0.4) is 0 Å². The summed E-state index contributed by atoms with van der Waals surface area (Å²) in [4.78, 5) is 11.5. The fraction of sp³-hybridized carbons (Fsp3) is 0.533. The first-order valence-corrected chi connectivity index (χ1v) is 7.45. The quantitative estimate of drug-likeness (QED) is 0.932. The molecule has 0 amide bonds. The molecule has 112 valence electrons. The molecule has 1 saturated heterocycles. The monoisotopic (exact) mass is 286 g/mol. The minimum absolute atomic E-state index is 0.732. The number of anilines is 2. The molecule has 1 N–H and O–H groups in total. The van der Waals surface area contributed by atoms with Crippen molar-refractivity contribution < 1.29 is 0 Å². The van der Waals surface area contributed by atoms with E-state index in [1.807, 2.05) is 30.9 Å². The summed E-state index contributed by atoms with van der Waals surface area (Å²) in [6, 6.07) is 1.99. The summed E-state index contributed by atoms with van der Waals surface area (Å²) in [5.41, 5.74) is 3.36. The molecule has 1 aliphatic rings. The van der Waals surface area contributed by atoms with E-state index in [-0.39, 0.29) is 0 Å². The molecule has 6 nitrogen and oxygen atoms in total. The second kappa shape index (κ2) is 5.71. The first-order chi connectivity index (χ1) is 10.1. The van der Waals surface area contributed by atoms with Crippen molar-refractivity contribution in [2.45, 2.75) is 33.2 Å². The Kier molecular flexibility index (Phi) is 3.77. The highest BCUT2D eigenvalue weighted by Crippen LogP contribution is 2.19. The Balaban J connectivity index is 1.74. The van der Waals surface area contributed by atoms with Gasteiger partial charge in [-0.25, -0.2) is 4.98 Å². The number of nitrogens with zero attached hydrogens (tertiary/aromatic N) is 5. The van der Waals surface area contributed by atoms with Crippen molar-refractivity contribution >= 4 is 11.8 Å². The van der Waals surface area contributed by atoms with Gasteiger partial charge in [0.25, 0.3) is 0 Å². The first-order valence-electron chi connectivity index (χ1n) is 7.45. The maximum absolute atomic E-state index is 4.64. The molecular weight excluding hydrogens is 264 g/mol. The Hall–Kier alpha value is -2.11. The Morgan fingerprint density at radius 3 is 2.62 bits per heavy atom. The number of aryl methyl sites for hydroxylation is 2.